The number of carbonyl (C=O) groups excluding carboxylic acids is 2. The van der Waals surface area contributed by atoms with Gasteiger partial charge in [-0.25, -0.2) is 4.79 Å². The third kappa shape index (κ3) is 2.33. The van der Waals surface area contributed by atoms with Crippen LogP contribution in [0.2, 0.25) is 0 Å². The molecule has 0 bridgehead atoms. The van der Waals surface area contributed by atoms with Crippen LogP contribution in [0.1, 0.15) is 18.4 Å². The Bertz CT molecular complexity index is 503. The molecule has 1 atom stereocenters. The van der Waals surface area contributed by atoms with Crippen molar-refractivity contribution in [3.05, 3.63) is 35.9 Å². The number of imide groups is 1. The molecule has 0 saturated carbocycles. The lowest BCUT2D eigenvalue weighted by Crippen LogP contribution is -2.58. The van der Waals surface area contributed by atoms with Crippen LogP contribution in [0.15, 0.2) is 30.3 Å². The highest BCUT2D eigenvalue weighted by Crippen LogP contribution is 2.25. The standard InChI is InChI=1S/C14H17N3O2/c18-12-14(16-13(19)15-12)7-4-8-17(10-14)9-11-5-2-1-3-6-11/h1-3,5-6H,4,7-10H2,(H2,15,16,18,19)/t14-/m0/s1. The molecule has 100 valence electrons. The summed E-state index contributed by atoms with van der Waals surface area (Å²) in [5.74, 6) is -0.185. The van der Waals surface area contributed by atoms with E-state index in [9.17, 15) is 9.59 Å². The SMILES string of the molecule is O=C1NC(=O)[C@@]2(CCCN(Cc3ccccc3)C2)N1. The van der Waals surface area contributed by atoms with Crippen LogP contribution in [-0.2, 0) is 11.3 Å². The van der Waals surface area contributed by atoms with E-state index in [-0.39, 0.29) is 11.9 Å². The molecule has 2 aliphatic rings. The number of hydrogen-bond donors (Lipinski definition) is 2. The Balaban J connectivity index is 1.72. The van der Waals surface area contributed by atoms with E-state index in [4.69, 9.17) is 0 Å². The van der Waals surface area contributed by atoms with E-state index in [1.165, 1.54) is 5.56 Å². The molecule has 19 heavy (non-hydrogen) atoms. The molecule has 2 saturated heterocycles. The Morgan fingerprint density at radius 1 is 1.21 bits per heavy atom. The Kier molecular flexibility index (Phi) is 2.98. The normalized spacial score (nSPS) is 27.4. The highest BCUT2D eigenvalue weighted by Gasteiger charge is 2.48. The van der Waals surface area contributed by atoms with Crippen molar-refractivity contribution in [2.24, 2.45) is 0 Å². The van der Waals surface area contributed by atoms with Gasteiger partial charge < -0.3 is 5.32 Å². The first-order valence-electron chi connectivity index (χ1n) is 6.58. The van der Waals surface area contributed by atoms with Crippen molar-refractivity contribution in [2.45, 2.75) is 24.9 Å². The number of amides is 3. The molecule has 0 radical (unpaired) electrons. The molecular formula is C14H17N3O2. The van der Waals surface area contributed by atoms with Crippen LogP contribution in [0.5, 0.6) is 0 Å². The largest absolute Gasteiger partial charge is 0.322 e. The van der Waals surface area contributed by atoms with Gasteiger partial charge in [0.2, 0.25) is 0 Å². The van der Waals surface area contributed by atoms with Crippen LogP contribution in [0.25, 0.3) is 0 Å². The summed E-state index contributed by atoms with van der Waals surface area (Å²) in [4.78, 5) is 25.5. The van der Waals surface area contributed by atoms with Crippen LogP contribution in [0.3, 0.4) is 0 Å². The highest BCUT2D eigenvalue weighted by atomic mass is 16.2. The lowest BCUT2D eigenvalue weighted by Gasteiger charge is -2.38. The molecule has 5 nitrogen and oxygen atoms in total. The fourth-order valence-electron chi connectivity index (χ4n) is 2.94. The first-order valence-corrected chi connectivity index (χ1v) is 6.58. The molecule has 2 fully saturated rings. The number of nitrogens with one attached hydrogen (secondary N) is 2. The second-order valence-electron chi connectivity index (χ2n) is 5.29. The van der Waals surface area contributed by atoms with Crippen LogP contribution in [-0.4, -0.2) is 35.5 Å². The zero-order valence-electron chi connectivity index (χ0n) is 10.7. The molecule has 2 aliphatic heterocycles. The smallest absolute Gasteiger partial charge is 0.322 e. The summed E-state index contributed by atoms with van der Waals surface area (Å²) in [6.45, 7) is 2.35. The first kappa shape index (κ1) is 12.2. The lowest BCUT2D eigenvalue weighted by molar-refractivity contribution is -0.126. The number of carbonyl (C=O) groups is 2. The van der Waals surface area contributed by atoms with E-state index in [1.54, 1.807) is 0 Å². The lowest BCUT2D eigenvalue weighted by atomic mass is 9.89. The van der Waals surface area contributed by atoms with Crippen LogP contribution in [0.4, 0.5) is 4.79 Å². The van der Waals surface area contributed by atoms with Gasteiger partial charge in [0.05, 0.1) is 0 Å². The number of benzene rings is 1. The van der Waals surface area contributed by atoms with Gasteiger partial charge in [0.15, 0.2) is 0 Å². The van der Waals surface area contributed by atoms with Crippen LogP contribution >= 0.6 is 0 Å². The van der Waals surface area contributed by atoms with Crippen molar-refractivity contribution in [3.63, 3.8) is 0 Å². The van der Waals surface area contributed by atoms with Crippen LogP contribution < -0.4 is 10.6 Å². The Morgan fingerprint density at radius 3 is 2.68 bits per heavy atom. The van der Waals surface area contributed by atoms with Gasteiger partial charge >= 0.3 is 6.03 Å². The Hall–Kier alpha value is -1.88. The molecule has 1 spiro atoms. The van der Waals surface area contributed by atoms with Crippen LogP contribution in [0, 0.1) is 0 Å². The minimum absolute atomic E-state index is 0.185. The maximum absolute atomic E-state index is 11.9. The van der Waals surface area contributed by atoms with Gasteiger partial charge in [0.1, 0.15) is 5.54 Å². The summed E-state index contributed by atoms with van der Waals surface area (Å²) in [5.41, 5.74) is 0.508. The molecule has 1 aromatic carbocycles. The molecular weight excluding hydrogens is 242 g/mol. The zero-order valence-corrected chi connectivity index (χ0v) is 10.7. The van der Waals surface area contributed by atoms with Crippen molar-refractivity contribution in [1.82, 2.24) is 15.5 Å². The third-order valence-corrected chi connectivity index (χ3v) is 3.83. The number of rotatable bonds is 2. The van der Waals surface area contributed by atoms with Crippen molar-refractivity contribution >= 4 is 11.9 Å². The van der Waals surface area contributed by atoms with Gasteiger partial charge in [0.25, 0.3) is 5.91 Å². The third-order valence-electron chi connectivity index (χ3n) is 3.83. The van der Waals surface area contributed by atoms with Gasteiger partial charge in [-0.3, -0.25) is 15.0 Å². The number of nitrogens with zero attached hydrogens (tertiary/aromatic N) is 1. The van der Waals surface area contributed by atoms with E-state index >= 15 is 0 Å². The molecule has 0 aliphatic carbocycles. The predicted molar refractivity (Wildman–Crippen MR) is 70.4 cm³/mol. The summed E-state index contributed by atoms with van der Waals surface area (Å²) in [6.07, 6.45) is 1.64. The van der Waals surface area contributed by atoms with Gasteiger partial charge in [-0.2, -0.15) is 0 Å². The highest BCUT2D eigenvalue weighted by molar-refractivity contribution is 6.07. The summed E-state index contributed by atoms with van der Waals surface area (Å²) in [7, 11) is 0. The van der Waals surface area contributed by atoms with E-state index in [2.05, 4.69) is 27.7 Å². The average Bonchev–Trinajstić information content (AvgIpc) is 2.65. The van der Waals surface area contributed by atoms with E-state index in [0.717, 1.165) is 25.9 Å². The zero-order chi connectivity index (χ0) is 13.3. The number of piperidine rings is 1. The summed E-state index contributed by atoms with van der Waals surface area (Å²) in [6, 6.07) is 9.80. The maximum atomic E-state index is 11.9. The van der Waals surface area contributed by atoms with Crippen molar-refractivity contribution < 1.29 is 9.59 Å². The predicted octanol–water partition coefficient (Wildman–Crippen LogP) is 0.861. The van der Waals surface area contributed by atoms with Crippen molar-refractivity contribution in [1.29, 1.82) is 0 Å². The van der Waals surface area contributed by atoms with Gasteiger partial charge in [-0.15, -0.1) is 0 Å². The molecule has 5 heteroatoms. The summed E-state index contributed by atoms with van der Waals surface area (Å²) >= 11 is 0. The fourth-order valence-corrected chi connectivity index (χ4v) is 2.94. The molecule has 0 aromatic heterocycles. The average molecular weight is 259 g/mol. The summed E-state index contributed by atoms with van der Waals surface area (Å²) in [5, 5.41) is 5.14. The molecule has 3 amide bonds. The topological polar surface area (TPSA) is 61.4 Å². The second-order valence-corrected chi connectivity index (χ2v) is 5.29. The minimum Gasteiger partial charge on any atom is -0.322 e. The van der Waals surface area contributed by atoms with E-state index in [1.807, 2.05) is 18.2 Å². The molecule has 2 N–H and O–H groups in total. The first-order chi connectivity index (χ1) is 9.18. The van der Waals surface area contributed by atoms with Gasteiger partial charge in [-0.05, 0) is 24.9 Å². The van der Waals surface area contributed by atoms with Gasteiger partial charge in [0, 0.05) is 13.1 Å². The van der Waals surface area contributed by atoms with Gasteiger partial charge in [-0.1, -0.05) is 30.3 Å². The monoisotopic (exact) mass is 259 g/mol. The molecule has 2 heterocycles. The van der Waals surface area contributed by atoms with E-state index in [0.29, 0.717) is 6.54 Å². The number of hydrogen-bond acceptors (Lipinski definition) is 3. The minimum atomic E-state index is -0.718. The fraction of sp³-hybridized carbons (Fsp3) is 0.429. The Labute approximate surface area is 112 Å². The molecule has 3 rings (SSSR count). The van der Waals surface area contributed by atoms with Crippen molar-refractivity contribution in [3.8, 4) is 0 Å². The maximum Gasteiger partial charge on any atom is 0.322 e. The second kappa shape index (κ2) is 4.66. The van der Waals surface area contributed by atoms with Crippen molar-refractivity contribution in [2.75, 3.05) is 13.1 Å². The molecule has 1 aromatic rings. The van der Waals surface area contributed by atoms with E-state index < -0.39 is 5.54 Å². The number of urea groups is 1. The Morgan fingerprint density at radius 2 is 2.00 bits per heavy atom. The molecule has 0 unspecified atom stereocenters. The summed E-state index contributed by atoms with van der Waals surface area (Å²) < 4.78 is 0. The quantitative estimate of drug-likeness (QED) is 0.774. The number of likely N-dealkylation sites (tertiary alicyclic amines) is 1.